The quantitative estimate of drug-likeness (QED) is 0.703. The van der Waals surface area contributed by atoms with Gasteiger partial charge in [0.25, 0.3) is 0 Å². The van der Waals surface area contributed by atoms with Crippen LogP contribution >= 0.6 is 35.0 Å². The number of carboxylic acid groups (broad SMARTS) is 1. The van der Waals surface area contributed by atoms with E-state index in [1.807, 2.05) is 26.0 Å². The summed E-state index contributed by atoms with van der Waals surface area (Å²) in [6.07, 6.45) is 2.35. The summed E-state index contributed by atoms with van der Waals surface area (Å²) in [6.45, 7) is 5.37. The first-order valence-electron chi connectivity index (χ1n) is 8.88. The van der Waals surface area contributed by atoms with Gasteiger partial charge in [-0.05, 0) is 38.8 Å². The summed E-state index contributed by atoms with van der Waals surface area (Å²) in [5.74, 6) is 0.805. The first-order valence-corrected chi connectivity index (χ1v) is 10.5. The molecular formula is C19H22Cl2N4O2S. The molecule has 9 heteroatoms. The van der Waals surface area contributed by atoms with Crippen molar-refractivity contribution in [1.82, 2.24) is 14.9 Å². The van der Waals surface area contributed by atoms with Gasteiger partial charge in [-0.15, -0.1) is 0 Å². The normalized spacial score (nSPS) is 16.1. The third kappa shape index (κ3) is 4.31. The number of hydrogen-bond acceptors (Lipinski definition) is 5. The van der Waals surface area contributed by atoms with Crippen LogP contribution in [0.25, 0.3) is 0 Å². The Morgan fingerprint density at radius 2 is 2.00 bits per heavy atom. The number of hydrogen-bond donors (Lipinski definition) is 1. The van der Waals surface area contributed by atoms with E-state index in [2.05, 4.69) is 9.88 Å². The Morgan fingerprint density at radius 1 is 1.32 bits per heavy atom. The van der Waals surface area contributed by atoms with Gasteiger partial charge in [-0.2, -0.15) is 0 Å². The number of aromatic nitrogens is 2. The van der Waals surface area contributed by atoms with Gasteiger partial charge in [-0.25, -0.2) is 14.8 Å². The Labute approximate surface area is 178 Å². The lowest BCUT2D eigenvalue weighted by Gasteiger charge is -2.44. The molecule has 1 fully saturated rings. The Hall–Kier alpha value is -1.70. The van der Waals surface area contributed by atoms with Crippen LogP contribution in [0.3, 0.4) is 0 Å². The van der Waals surface area contributed by atoms with Crippen molar-refractivity contribution in [2.45, 2.75) is 42.1 Å². The monoisotopic (exact) mass is 440 g/mol. The molecule has 0 atom stereocenters. The predicted octanol–water partition coefficient (Wildman–Crippen LogP) is 5.21. The van der Waals surface area contributed by atoms with Gasteiger partial charge < -0.3 is 14.9 Å². The highest BCUT2D eigenvalue weighted by atomic mass is 35.5. The summed E-state index contributed by atoms with van der Waals surface area (Å²) >= 11 is 13.8. The van der Waals surface area contributed by atoms with Gasteiger partial charge in [0, 0.05) is 30.6 Å². The number of benzene rings is 1. The molecule has 3 rings (SSSR count). The number of aryl methyl sites for hydroxylation is 1. The second-order valence-electron chi connectivity index (χ2n) is 7.10. The van der Waals surface area contributed by atoms with Crippen LogP contribution in [0.5, 0.6) is 0 Å². The number of halogens is 2. The molecule has 6 nitrogen and oxygen atoms in total. The first-order chi connectivity index (χ1) is 13.2. The summed E-state index contributed by atoms with van der Waals surface area (Å²) in [4.78, 5) is 25.0. The van der Waals surface area contributed by atoms with Crippen LogP contribution in [0, 0.1) is 6.92 Å². The molecule has 0 saturated carbocycles. The molecule has 2 aromatic rings. The van der Waals surface area contributed by atoms with Crippen LogP contribution in [0.4, 0.5) is 10.6 Å². The molecule has 0 bridgehead atoms. The Kier molecular flexibility index (Phi) is 6.27. The molecule has 1 amide bonds. The van der Waals surface area contributed by atoms with Gasteiger partial charge in [-0.1, -0.05) is 41.0 Å². The van der Waals surface area contributed by atoms with Crippen LogP contribution in [-0.2, 0) is 0 Å². The lowest BCUT2D eigenvalue weighted by molar-refractivity contribution is 0.0871. The highest BCUT2D eigenvalue weighted by Crippen LogP contribution is 2.37. The number of nitrogens with zero attached hydrogens (tertiary/aromatic N) is 4. The zero-order valence-electron chi connectivity index (χ0n) is 15.9. The highest BCUT2D eigenvalue weighted by Gasteiger charge is 2.36. The van der Waals surface area contributed by atoms with E-state index in [-0.39, 0.29) is 5.54 Å². The minimum absolute atomic E-state index is 0.357. The number of piperidine rings is 1. The van der Waals surface area contributed by atoms with Gasteiger partial charge in [-0.3, -0.25) is 0 Å². The topological polar surface area (TPSA) is 69.6 Å². The van der Waals surface area contributed by atoms with E-state index < -0.39 is 6.09 Å². The van der Waals surface area contributed by atoms with E-state index in [9.17, 15) is 9.90 Å². The van der Waals surface area contributed by atoms with Crippen molar-refractivity contribution < 1.29 is 9.90 Å². The largest absolute Gasteiger partial charge is 0.465 e. The molecule has 1 N–H and O–H groups in total. The molecule has 28 heavy (non-hydrogen) atoms. The van der Waals surface area contributed by atoms with Gasteiger partial charge >= 0.3 is 6.09 Å². The molecule has 0 unspecified atom stereocenters. The smallest absolute Gasteiger partial charge is 0.407 e. The first kappa shape index (κ1) is 21.0. The molecule has 1 aromatic carbocycles. The summed E-state index contributed by atoms with van der Waals surface area (Å²) in [7, 11) is 1.63. The van der Waals surface area contributed by atoms with Crippen molar-refractivity contribution in [3.8, 4) is 0 Å². The average molecular weight is 441 g/mol. The molecular weight excluding hydrogens is 419 g/mol. The summed E-state index contributed by atoms with van der Waals surface area (Å²) in [6, 6.07) is 5.51. The molecule has 0 aliphatic carbocycles. The van der Waals surface area contributed by atoms with Gasteiger partial charge in [0.15, 0.2) is 0 Å². The fourth-order valence-electron chi connectivity index (χ4n) is 3.16. The number of amides is 1. The maximum Gasteiger partial charge on any atom is 0.407 e. The van der Waals surface area contributed by atoms with Crippen molar-refractivity contribution >= 4 is 46.9 Å². The Balaban J connectivity index is 1.71. The lowest BCUT2D eigenvalue weighted by Crippen LogP contribution is -2.54. The third-order valence-electron chi connectivity index (χ3n) is 5.27. The Bertz CT molecular complexity index is 888. The van der Waals surface area contributed by atoms with Crippen LogP contribution < -0.4 is 4.90 Å². The minimum atomic E-state index is -0.896. The maximum atomic E-state index is 11.3. The highest BCUT2D eigenvalue weighted by molar-refractivity contribution is 7.99. The fraction of sp³-hybridized carbons (Fsp3) is 0.421. The second-order valence-corrected chi connectivity index (χ2v) is 8.91. The minimum Gasteiger partial charge on any atom is -0.465 e. The molecule has 1 saturated heterocycles. The van der Waals surface area contributed by atoms with Crippen LogP contribution in [0.15, 0.2) is 34.3 Å². The van der Waals surface area contributed by atoms with E-state index in [0.717, 1.165) is 47.4 Å². The number of anilines is 1. The van der Waals surface area contributed by atoms with Gasteiger partial charge in [0.1, 0.15) is 10.8 Å². The zero-order valence-corrected chi connectivity index (χ0v) is 18.3. The molecule has 150 valence electrons. The number of carbonyl (C=O) groups is 1. The fourth-order valence-corrected chi connectivity index (χ4v) is 4.49. The zero-order chi connectivity index (χ0) is 20.5. The summed E-state index contributed by atoms with van der Waals surface area (Å²) < 4.78 is 0. The number of rotatable bonds is 4. The maximum absolute atomic E-state index is 11.3. The molecule has 1 aliphatic heterocycles. The second kappa shape index (κ2) is 8.35. The van der Waals surface area contributed by atoms with Crippen molar-refractivity contribution in [2.24, 2.45) is 0 Å². The Morgan fingerprint density at radius 3 is 2.61 bits per heavy atom. The standard InChI is InChI=1S/C19H22Cl2N4O2S/c1-12-17(28-14-6-4-5-13(20)16(14)21)22-11-15(23-12)25-9-7-19(2,8-10-25)24(3)18(26)27/h4-6,11H,7-10H2,1-3H3,(H,26,27). The average Bonchev–Trinajstić information content (AvgIpc) is 2.67. The van der Waals surface area contributed by atoms with Crippen LogP contribution in [0.1, 0.15) is 25.5 Å². The predicted molar refractivity (Wildman–Crippen MR) is 113 cm³/mol. The summed E-state index contributed by atoms with van der Waals surface area (Å²) in [5, 5.41) is 11.1. The SMILES string of the molecule is Cc1nc(N2CCC(C)(N(C)C(=O)O)CC2)cnc1Sc1cccc(Cl)c1Cl. The summed E-state index contributed by atoms with van der Waals surface area (Å²) in [5.41, 5.74) is 0.457. The molecule has 0 radical (unpaired) electrons. The van der Waals surface area contributed by atoms with E-state index >= 15 is 0 Å². The van der Waals surface area contributed by atoms with Crippen molar-refractivity contribution in [2.75, 3.05) is 25.0 Å². The van der Waals surface area contributed by atoms with Gasteiger partial charge in [0.05, 0.1) is 21.9 Å². The molecule has 1 aliphatic rings. The van der Waals surface area contributed by atoms with E-state index in [0.29, 0.717) is 10.0 Å². The van der Waals surface area contributed by atoms with Gasteiger partial charge in [0.2, 0.25) is 0 Å². The third-order valence-corrected chi connectivity index (χ3v) is 7.36. The van der Waals surface area contributed by atoms with E-state index in [1.165, 1.54) is 16.7 Å². The van der Waals surface area contributed by atoms with Crippen molar-refractivity contribution in [1.29, 1.82) is 0 Å². The van der Waals surface area contributed by atoms with Crippen LogP contribution in [0.2, 0.25) is 10.0 Å². The van der Waals surface area contributed by atoms with Crippen LogP contribution in [-0.4, -0.2) is 51.7 Å². The molecule has 1 aromatic heterocycles. The van der Waals surface area contributed by atoms with Crippen molar-refractivity contribution in [3.63, 3.8) is 0 Å². The van der Waals surface area contributed by atoms with E-state index in [4.69, 9.17) is 28.2 Å². The molecule has 2 heterocycles. The van der Waals surface area contributed by atoms with E-state index in [1.54, 1.807) is 19.3 Å². The lowest BCUT2D eigenvalue weighted by atomic mass is 9.88. The van der Waals surface area contributed by atoms with Crippen molar-refractivity contribution in [3.05, 3.63) is 40.1 Å². The molecule has 0 spiro atoms.